The Bertz CT molecular complexity index is 1140. The summed E-state index contributed by atoms with van der Waals surface area (Å²) in [5, 5.41) is 0. The van der Waals surface area contributed by atoms with Gasteiger partial charge in [0.1, 0.15) is 12.2 Å². The molecule has 0 aromatic carbocycles. The Labute approximate surface area is 440 Å². The molecule has 0 aliphatic rings. The summed E-state index contributed by atoms with van der Waals surface area (Å²) >= 11 is 0. The molecule has 0 saturated carbocycles. The van der Waals surface area contributed by atoms with Gasteiger partial charge in [0.15, 0.2) is 0 Å². The molecule has 0 heterocycles. The van der Waals surface area contributed by atoms with Gasteiger partial charge in [-0.15, -0.1) is 0 Å². The van der Waals surface area contributed by atoms with Gasteiger partial charge >= 0.3 is 23.9 Å². The highest BCUT2D eigenvalue weighted by Gasteiger charge is 2.16. The molecule has 0 radical (unpaired) electrons. The van der Waals surface area contributed by atoms with Crippen molar-refractivity contribution in [2.24, 2.45) is 0 Å². The van der Waals surface area contributed by atoms with E-state index in [0.717, 1.165) is 135 Å². The van der Waals surface area contributed by atoms with Gasteiger partial charge in [0.05, 0.1) is 13.2 Å². The standard InChI is InChI=1S/C63H120O8/c1-5-9-13-17-21-23-26-36-45-54-62(66)70-58(48-39-31-20-16-12-8-4)50-41-33-28-29-35-43-52-60(64)68-56-47-57-69-61(65)53-44-38-30-34-42-51-59(49-40-32-25-19-15-11-7-3)71-63(67)55-46-37-27-24-22-18-14-10-6-2/h58-59H,5-57H2,1-4H3. The minimum absolute atomic E-state index is 0.000452. The highest BCUT2D eigenvalue weighted by molar-refractivity contribution is 5.70. The molecule has 0 fully saturated rings. The number of hydrogen-bond donors (Lipinski definition) is 0. The lowest BCUT2D eigenvalue weighted by molar-refractivity contribution is -0.151. The minimum atomic E-state index is -0.177. The van der Waals surface area contributed by atoms with Crippen LogP contribution in [0, 0.1) is 0 Å². The Balaban J connectivity index is 4.11. The molecule has 420 valence electrons. The molecule has 8 nitrogen and oxygen atoms in total. The van der Waals surface area contributed by atoms with Crippen LogP contribution in [0.5, 0.6) is 0 Å². The van der Waals surface area contributed by atoms with Crippen molar-refractivity contribution in [1.82, 2.24) is 0 Å². The highest BCUT2D eigenvalue weighted by Crippen LogP contribution is 2.21. The lowest BCUT2D eigenvalue weighted by Crippen LogP contribution is -2.18. The third-order valence-electron chi connectivity index (χ3n) is 14.5. The Kier molecular flexibility index (Phi) is 55.5. The number of unbranched alkanes of at least 4 members (excludes halogenated alkanes) is 36. The van der Waals surface area contributed by atoms with Crippen molar-refractivity contribution in [3.8, 4) is 0 Å². The second-order valence-electron chi connectivity index (χ2n) is 21.6. The van der Waals surface area contributed by atoms with Crippen LogP contribution in [-0.2, 0) is 38.1 Å². The Morgan fingerprint density at radius 3 is 0.676 bits per heavy atom. The molecule has 0 aliphatic heterocycles. The van der Waals surface area contributed by atoms with Crippen molar-refractivity contribution in [2.45, 2.75) is 367 Å². The average molecular weight is 1010 g/mol. The second kappa shape index (κ2) is 57.2. The topological polar surface area (TPSA) is 105 Å². The normalized spacial score (nSPS) is 12.2. The molecule has 0 rings (SSSR count). The SMILES string of the molecule is CCCCCCCCCCCC(=O)OC(CCCCCCCC)CCCCCCCCC(=O)OCCCOC(=O)CCCCCCCC(CCCCCCCCC)OC(=O)CCCCCCCCCCC. The van der Waals surface area contributed by atoms with Crippen molar-refractivity contribution >= 4 is 23.9 Å². The predicted octanol–water partition coefficient (Wildman–Crippen LogP) is 19.9. The van der Waals surface area contributed by atoms with Gasteiger partial charge in [-0.2, -0.15) is 0 Å². The van der Waals surface area contributed by atoms with Gasteiger partial charge in [-0.25, -0.2) is 0 Å². The van der Waals surface area contributed by atoms with E-state index in [-0.39, 0.29) is 49.3 Å². The molecular weight excluding hydrogens is 885 g/mol. The quantitative estimate of drug-likeness (QED) is 0.0337. The van der Waals surface area contributed by atoms with Crippen molar-refractivity contribution < 1.29 is 38.1 Å². The fourth-order valence-electron chi connectivity index (χ4n) is 9.75. The molecule has 0 N–H and O–H groups in total. The summed E-state index contributed by atoms with van der Waals surface area (Å²) in [6.45, 7) is 9.59. The number of rotatable bonds is 58. The van der Waals surface area contributed by atoms with Gasteiger partial charge in [0.2, 0.25) is 0 Å². The van der Waals surface area contributed by atoms with Crippen LogP contribution >= 0.6 is 0 Å². The zero-order valence-corrected chi connectivity index (χ0v) is 47.9. The van der Waals surface area contributed by atoms with Crippen LogP contribution in [-0.4, -0.2) is 49.3 Å². The van der Waals surface area contributed by atoms with Crippen LogP contribution in [0.1, 0.15) is 355 Å². The molecule has 0 aromatic rings. The van der Waals surface area contributed by atoms with Gasteiger partial charge in [-0.3, -0.25) is 19.2 Å². The molecule has 0 saturated heterocycles. The second-order valence-corrected chi connectivity index (χ2v) is 21.6. The zero-order valence-electron chi connectivity index (χ0n) is 47.9. The van der Waals surface area contributed by atoms with Crippen molar-refractivity contribution in [1.29, 1.82) is 0 Å². The van der Waals surface area contributed by atoms with E-state index in [1.807, 2.05) is 0 Å². The summed E-state index contributed by atoms with van der Waals surface area (Å²) in [4.78, 5) is 50.1. The summed E-state index contributed by atoms with van der Waals surface area (Å²) in [5.74, 6) is -0.359. The van der Waals surface area contributed by atoms with E-state index < -0.39 is 0 Å². The van der Waals surface area contributed by atoms with Crippen LogP contribution in [0.3, 0.4) is 0 Å². The number of carbonyl (C=O) groups is 4. The predicted molar refractivity (Wildman–Crippen MR) is 300 cm³/mol. The maximum absolute atomic E-state index is 12.7. The summed E-state index contributed by atoms with van der Waals surface area (Å²) in [7, 11) is 0. The first kappa shape index (κ1) is 68.9. The van der Waals surface area contributed by atoms with Crippen molar-refractivity contribution in [3.63, 3.8) is 0 Å². The van der Waals surface area contributed by atoms with Gasteiger partial charge in [-0.05, 0) is 77.0 Å². The first-order valence-corrected chi connectivity index (χ1v) is 31.6. The van der Waals surface area contributed by atoms with Crippen molar-refractivity contribution in [3.05, 3.63) is 0 Å². The van der Waals surface area contributed by atoms with Crippen LogP contribution in [0.2, 0.25) is 0 Å². The summed E-state index contributed by atoms with van der Waals surface area (Å²) in [6.07, 6.45) is 56.6. The van der Waals surface area contributed by atoms with Gasteiger partial charge in [0, 0.05) is 32.1 Å². The Hall–Kier alpha value is -2.12. The first-order valence-electron chi connectivity index (χ1n) is 31.6. The lowest BCUT2D eigenvalue weighted by atomic mass is 10.0. The lowest BCUT2D eigenvalue weighted by Gasteiger charge is -2.18. The number of esters is 4. The van der Waals surface area contributed by atoms with Crippen LogP contribution in [0.4, 0.5) is 0 Å². The molecule has 2 atom stereocenters. The zero-order chi connectivity index (χ0) is 51.8. The van der Waals surface area contributed by atoms with E-state index >= 15 is 0 Å². The average Bonchev–Trinajstić information content (AvgIpc) is 3.36. The molecule has 71 heavy (non-hydrogen) atoms. The van der Waals surface area contributed by atoms with E-state index in [4.69, 9.17) is 18.9 Å². The third-order valence-corrected chi connectivity index (χ3v) is 14.5. The van der Waals surface area contributed by atoms with E-state index in [1.165, 1.54) is 161 Å². The number of ether oxygens (including phenoxy) is 4. The molecule has 0 aliphatic carbocycles. The van der Waals surface area contributed by atoms with E-state index in [0.29, 0.717) is 32.1 Å². The van der Waals surface area contributed by atoms with Crippen LogP contribution in [0.15, 0.2) is 0 Å². The van der Waals surface area contributed by atoms with Gasteiger partial charge in [-0.1, -0.05) is 246 Å². The maximum Gasteiger partial charge on any atom is 0.306 e. The van der Waals surface area contributed by atoms with Crippen LogP contribution in [0.25, 0.3) is 0 Å². The molecule has 0 spiro atoms. The van der Waals surface area contributed by atoms with E-state index in [1.54, 1.807) is 0 Å². The van der Waals surface area contributed by atoms with Gasteiger partial charge in [0.25, 0.3) is 0 Å². The summed E-state index contributed by atoms with van der Waals surface area (Å²) < 4.78 is 22.9. The fraction of sp³-hybridized carbons (Fsp3) is 0.937. The molecular formula is C63H120O8. The number of carbonyl (C=O) groups excluding carboxylic acids is 4. The molecule has 0 bridgehead atoms. The van der Waals surface area contributed by atoms with E-state index in [9.17, 15) is 19.2 Å². The van der Waals surface area contributed by atoms with Crippen molar-refractivity contribution in [2.75, 3.05) is 13.2 Å². The molecule has 0 aromatic heterocycles. The number of hydrogen-bond acceptors (Lipinski definition) is 8. The molecule has 0 amide bonds. The van der Waals surface area contributed by atoms with Crippen LogP contribution < -0.4 is 0 Å². The highest BCUT2D eigenvalue weighted by atomic mass is 16.6. The van der Waals surface area contributed by atoms with E-state index in [2.05, 4.69) is 27.7 Å². The first-order chi connectivity index (χ1) is 34.9. The summed E-state index contributed by atoms with van der Waals surface area (Å²) in [5.41, 5.74) is 0. The largest absolute Gasteiger partial charge is 0.466 e. The Morgan fingerprint density at radius 1 is 0.239 bits per heavy atom. The molecule has 2 unspecified atom stereocenters. The van der Waals surface area contributed by atoms with Gasteiger partial charge < -0.3 is 18.9 Å². The fourth-order valence-corrected chi connectivity index (χ4v) is 9.75. The maximum atomic E-state index is 12.7. The third kappa shape index (κ3) is 54.0. The minimum Gasteiger partial charge on any atom is -0.466 e. The Morgan fingerprint density at radius 2 is 0.437 bits per heavy atom. The molecule has 8 heteroatoms. The monoisotopic (exact) mass is 1000 g/mol. The smallest absolute Gasteiger partial charge is 0.306 e. The summed E-state index contributed by atoms with van der Waals surface area (Å²) in [6, 6.07) is 0.